The molecule has 1 amide bonds. The summed E-state index contributed by atoms with van der Waals surface area (Å²) in [7, 11) is 0. The SMILES string of the molecule is CCOc1ccccc1NC(=O)c1c[nH]c(=O)n(CC2CCCO2)c1=O. The third-order valence-electron chi connectivity index (χ3n) is 4.15. The van der Waals surface area contributed by atoms with Crippen molar-refractivity contribution < 1.29 is 14.3 Å². The van der Waals surface area contributed by atoms with Crippen LogP contribution < -0.4 is 21.3 Å². The van der Waals surface area contributed by atoms with Crippen LogP contribution in [-0.4, -0.2) is 34.8 Å². The molecule has 0 saturated carbocycles. The number of rotatable bonds is 6. The fourth-order valence-electron chi connectivity index (χ4n) is 2.87. The Bertz CT molecular complexity index is 896. The van der Waals surface area contributed by atoms with E-state index >= 15 is 0 Å². The van der Waals surface area contributed by atoms with Crippen LogP contribution >= 0.6 is 0 Å². The molecule has 0 bridgehead atoms. The maximum Gasteiger partial charge on any atom is 0.328 e. The molecule has 0 radical (unpaired) electrons. The number of aromatic nitrogens is 2. The Morgan fingerprint density at radius 1 is 1.38 bits per heavy atom. The maximum atomic E-state index is 12.6. The lowest BCUT2D eigenvalue weighted by Gasteiger charge is -2.13. The Balaban J connectivity index is 1.86. The van der Waals surface area contributed by atoms with Gasteiger partial charge in [-0.2, -0.15) is 0 Å². The number of aromatic amines is 1. The molecule has 0 aliphatic carbocycles. The summed E-state index contributed by atoms with van der Waals surface area (Å²) in [4.78, 5) is 39.6. The number of carbonyl (C=O) groups is 1. The van der Waals surface area contributed by atoms with E-state index in [1.165, 1.54) is 0 Å². The number of hydrogen-bond acceptors (Lipinski definition) is 5. The van der Waals surface area contributed by atoms with Crippen molar-refractivity contribution >= 4 is 11.6 Å². The molecule has 0 spiro atoms. The standard InChI is InChI=1S/C18H21N3O5/c1-2-25-15-8-4-3-7-14(15)20-16(22)13-10-19-18(24)21(17(13)23)11-12-6-5-9-26-12/h3-4,7-8,10,12H,2,5-6,9,11H2,1H3,(H,19,24)(H,20,22). The minimum Gasteiger partial charge on any atom is -0.492 e. The lowest BCUT2D eigenvalue weighted by Crippen LogP contribution is -2.41. The van der Waals surface area contributed by atoms with Gasteiger partial charge in [0.15, 0.2) is 0 Å². The van der Waals surface area contributed by atoms with Crippen molar-refractivity contribution in [2.45, 2.75) is 32.4 Å². The van der Waals surface area contributed by atoms with E-state index in [-0.39, 0.29) is 18.2 Å². The molecule has 1 unspecified atom stereocenters. The van der Waals surface area contributed by atoms with E-state index in [1.807, 2.05) is 6.92 Å². The van der Waals surface area contributed by atoms with Crippen molar-refractivity contribution in [3.05, 3.63) is 56.9 Å². The number of hydrogen-bond donors (Lipinski definition) is 2. The average Bonchev–Trinajstić information content (AvgIpc) is 3.13. The fourth-order valence-corrected chi connectivity index (χ4v) is 2.87. The largest absolute Gasteiger partial charge is 0.492 e. The summed E-state index contributed by atoms with van der Waals surface area (Å²) in [5, 5.41) is 2.66. The second kappa shape index (κ2) is 8.01. The van der Waals surface area contributed by atoms with E-state index in [9.17, 15) is 14.4 Å². The van der Waals surface area contributed by atoms with Gasteiger partial charge in [0.05, 0.1) is 24.9 Å². The van der Waals surface area contributed by atoms with Crippen LogP contribution in [0.5, 0.6) is 5.75 Å². The minimum absolute atomic E-state index is 0.130. The Kier molecular flexibility index (Phi) is 5.52. The smallest absolute Gasteiger partial charge is 0.328 e. The zero-order chi connectivity index (χ0) is 18.5. The molecular weight excluding hydrogens is 338 g/mol. The number of carbonyl (C=O) groups excluding carboxylic acids is 1. The summed E-state index contributed by atoms with van der Waals surface area (Å²) >= 11 is 0. The number of benzene rings is 1. The normalized spacial score (nSPS) is 16.4. The molecule has 8 nitrogen and oxygen atoms in total. The molecule has 2 N–H and O–H groups in total. The summed E-state index contributed by atoms with van der Waals surface area (Å²) in [5.74, 6) is -0.105. The average molecular weight is 359 g/mol. The van der Waals surface area contributed by atoms with Crippen LogP contribution in [0.15, 0.2) is 40.1 Å². The lowest BCUT2D eigenvalue weighted by atomic mass is 10.2. The van der Waals surface area contributed by atoms with E-state index < -0.39 is 17.2 Å². The first kappa shape index (κ1) is 17.9. The molecule has 2 heterocycles. The molecule has 1 aliphatic rings. The Hall–Kier alpha value is -2.87. The van der Waals surface area contributed by atoms with E-state index in [0.717, 1.165) is 23.6 Å². The first-order valence-corrected chi connectivity index (χ1v) is 8.57. The molecule has 3 rings (SSSR count). The summed E-state index contributed by atoms with van der Waals surface area (Å²) in [5.41, 5.74) is -0.892. The van der Waals surface area contributed by atoms with Gasteiger partial charge in [0.25, 0.3) is 11.5 Å². The van der Waals surface area contributed by atoms with Crippen LogP contribution in [0.2, 0.25) is 0 Å². The molecule has 1 aromatic heterocycles. The molecule has 1 aliphatic heterocycles. The van der Waals surface area contributed by atoms with Crippen molar-refractivity contribution in [1.29, 1.82) is 0 Å². The highest BCUT2D eigenvalue weighted by Crippen LogP contribution is 2.23. The van der Waals surface area contributed by atoms with Crippen LogP contribution in [0.4, 0.5) is 5.69 Å². The van der Waals surface area contributed by atoms with Gasteiger partial charge < -0.3 is 19.8 Å². The fraction of sp³-hybridized carbons (Fsp3) is 0.389. The first-order chi connectivity index (χ1) is 12.6. The van der Waals surface area contributed by atoms with Crippen LogP contribution in [0.1, 0.15) is 30.1 Å². The molecule has 1 atom stereocenters. The number of H-pyrrole nitrogens is 1. The summed E-state index contributed by atoms with van der Waals surface area (Å²) in [6.45, 7) is 3.03. The number of nitrogens with one attached hydrogen (secondary N) is 2. The van der Waals surface area contributed by atoms with Crippen molar-refractivity contribution in [2.24, 2.45) is 0 Å². The van der Waals surface area contributed by atoms with Gasteiger partial charge in [-0.3, -0.25) is 14.2 Å². The molecule has 1 saturated heterocycles. The molecule has 1 fully saturated rings. The van der Waals surface area contributed by atoms with Gasteiger partial charge >= 0.3 is 5.69 Å². The summed E-state index contributed by atoms with van der Waals surface area (Å²) in [6.07, 6.45) is 2.62. The van der Waals surface area contributed by atoms with Gasteiger partial charge in [-0.1, -0.05) is 12.1 Å². The summed E-state index contributed by atoms with van der Waals surface area (Å²) < 4.78 is 12.0. The third-order valence-corrected chi connectivity index (χ3v) is 4.15. The Morgan fingerprint density at radius 2 is 2.19 bits per heavy atom. The molecule has 2 aromatic rings. The van der Waals surface area contributed by atoms with Crippen molar-refractivity contribution in [3.63, 3.8) is 0 Å². The van der Waals surface area contributed by atoms with E-state index in [1.54, 1.807) is 24.3 Å². The quantitative estimate of drug-likeness (QED) is 0.811. The molecule has 26 heavy (non-hydrogen) atoms. The number of para-hydroxylation sites is 2. The predicted molar refractivity (Wildman–Crippen MR) is 95.9 cm³/mol. The van der Waals surface area contributed by atoms with E-state index in [2.05, 4.69) is 10.3 Å². The number of anilines is 1. The highest BCUT2D eigenvalue weighted by atomic mass is 16.5. The van der Waals surface area contributed by atoms with Crippen LogP contribution in [0.3, 0.4) is 0 Å². The van der Waals surface area contributed by atoms with E-state index in [0.29, 0.717) is 24.7 Å². The second-order valence-electron chi connectivity index (χ2n) is 5.94. The number of ether oxygens (including phenoxy) is 2. The second-order valence-corrected chi connectivity index (χ2v) is 5.94. The predicted octanol–water partition coefficient (Wildman–Crippen LogP) is 1.37. The monoisotopic (exact) mass is 359 g/mol. The van der Waals surface area contributed by atoms with Gasteiger partial charge in [0, 0.05) is 12.8 Å². The third kappa shape index (κ3) is 3.85. The van der Waals surface area contributed by atoms with Crippen molar-refractivity contribution in [1.82, 2.24) is 9.55 Å². The minimum atomic E-state index is -0.643. The molecular formula is C18H21N3O5. The topological polar surface area (TPSA) is 102 Å². The van der Waals surface area contributed by atoms with Crippen LogP contribution in [0, 0.1) is 0 Å². The van der Waals surface area contributed by atoms with Gasteiger partial charge in [0.1, 0.15) is 11.3 Å². The van der Waals surface area contributed by atoms with Gasteiger partial charge in [-0.05, 0) is 31.9 Å². The zero-order valence-corrected chi connectivity index (χ0v) is 14.5. The van der Waals surface area contributed by atoms with Crippen molar-refractivity contribution in [2.75, 3.05) is 18.5 Å². The maximum absolute atomic E-state index is 12.6. The molecule has 8 heteroatoms. The van der Waals surface area contributed by atoms with Crippen LogP contribution in [-0.2, 0) is 11.3 Å². The number of nitrogens with zero attached hydrogens (tertiary/aromatic N) is 1. The number of amides is 1. The Morgan fingerprint density at radius 3 is 2.92 bits per heavy atom. The van der Waals surface area contributed by atoms with Gasteiger partial charge in [-0.15, -0.1) is 0 Å². The molecule has 1 aromatic carbocycles. The molecule has 138 valence electrons. The highest BCUT2D eigenvalue weighted by Gasteiger charge is 2.21. The Labute approximate surface area is 149 Å². The van der Waals surface area contributed by atoms with E-state index in [4.69, 9.17) is 9.47 Å². The van der Waals surface area contributed by atoms with Crippen LogP contribution in [0.25, 0.3) is 0 Å². The van der Waals surface area contributed by atoms with Crippen molar-refractivity contribution in [3.8, 4) is 5.75 Å². The lowest BCUT2D eigenvalue weighted by molar-refractivity contribution is 0.0941. The highest BCUT2D eigenvalue weighted by molar-refractivity contribution is 6.04. The van der Waals surface area contributed by atoms with Gasteiger partial charge in [0.2, 0.25) is 0 Å². The summed E-state index contributed by atoms with van der Waals surface area (Å²) in [6, 6.07) is 6.94. The first-order valence-electron chi connectivity index (χ1n) is 8.57. The van der Waals surface area contributed by atoms with Gasteiger partial charge in [-0.25, -0.2) is 4.79 Å². The zero-order valence-electron chi connectivity index (χ0n) is 14.5.